The molecule has 0 bridgehead atoms. The minimum Gasteiger partial charge on any atom is -0.180 e. The molecule has 0 fully saturated rings. The Hall–Kier alpha value is 1.67. The van der Waals surface area contributed by atoms with E-state index in [0.29, 0.717) is 0 Å². The van der Waals surface area contributed by atoms with Gasteiger partial charge < -0.3 is 0 Å². The van der Waals surface area contributed by atoms with Crippen LogP contribution in [0.4, 0.5) is 0 Å². The maximum Gasteiger partial charge on any atom is 0.619 e. The van der Waals surface area contributed by atoms with Crippen LogP contribution in [0.3, 0.4) is 0 Å². The van der Waals surface area contributed by atoms with Crippen molar-refractivity contribution >= 4 is 45.2 Å². The van der Waals surface area contributed by atoms with Crippen molar-refractivity contribution in [2.24, 2.45) is 0 Å². The van der Waals surface area contributed by atoms with Gasteiger partial charge in [0.25, 0.3) is 0 Å². The van der Waals surface area contributed by atoms with Crippen molar-refractivity contribution in [2.45, 2.75) is 0 Å². The van der Waals surface area contributed by atoms with Crippen molar-refractivity contribution in [2.75, 3.05) is 33.8 Å². The molecule has 0 aromatic rings. The van der Waals surface area contributed by atoms with Crippen LogP contribution in [0.25, 0.3) is 0 Å². The van der Waals surface area contributed by atoms with Crippen LogP contribution in [-0.2, 0) is 22.2 Å². The van der Waals surface area contributed by atoms with Crippen molar-refractivity contribution in [1.82, 2.24) is 0 Å². The average Bonchev–Trinajstić information content (AvgIpc) is 2.38. The first-order valence-corrected chi connectivity index (χ1v) is 12.6. The molecule has 0 aromatic heterocycles. The standard InChI is InChI=1S/C5H18O8P3S2/c1-9-14(6,10-2)12-16(8,18-5)13-15(7,11-3)17-4/h6-8H,1-5H3/q+3. The fourth-order valence-corrected chi connectivity index (χ4v) is 10.0. The number of rotatable bonds is 9. The van der Waals surface area contributed by atoms with Gasteiger partial charge in [-0.1, -0.05) is 0 Å². The molecular weight excluding hydrogens is 345 g/mol. The molecule has 2 unspecified atom stereocenters. The van der Waals surface area contributed by atoms with E-state index in [1.54, 1.807) is 6.26 Å². The van der Waals surface area contributed by atoms with E-state index < -0.39 is 22.5 Å². The second-order valence-electron chi connectivity index (χ2n) is 2.48. The highest BCUT2D eigenvalue weighted by Crippen LogP contribution is 2.87. The van der Waals surface area contributed by atoms with E-state index >= 15 is 0 Å². The van der Waals surface area contributed by atoms with Crippen LogP contribution in [-0.4, -0.2) is 48.5 Å². The van der Waals surface area contributed by atoms with Gasteiger partial charge in [0, 0.05) is 12.5 Å². The van der Waals surface area contributed by atoms with Crippen LogP contribution in [0, 0.1) is 0 Å². The largest absolute Gasteiger partial charge is 0.619 e. The predicted molar refractivity (Wildman–Crippen MR) is 77.6 cm³/mol. The molecule has 0 aromatic carbocycles. The summed E-state index contributed by atoms with van der Waals surface area (Å²) >= 11 is 1.69. The van der Waals surface area contributed by atoms with Gasteiger partial charge in [0.1, 0.15) is 22.8 Å². The summed E-state index contributed by atoms with van der Waals surface area (Å²) in [4.78, 5) is 29.8. The first-order chi connectivity index (χ1) is 8.22. The molecule has 0 amide bonds. The molecule has 0 heterocycles. The monoisotopic (exact) mass is 363 g/mol. The molecule has 3 N–H and O–H groups in total. The summed E-state index contributed by atoms with van der Waals surface area (Å²) in [6.07, 6.45) is 3.04. The molecule has 13 heteroatoms. The fraction of sp³-hybridized carbons (Fsp3) is 1.00. The molecule has 2 atom stereocenters. The van der Waals surface area contributed by atoms with Crippen molar-refractivity contribution in [3.63, 3.8) is 0 Å². The summed E-state index contributed by atoms with van der Waals surface area (Å²) < 4.78 is 24.2. The van der Waals surface area contributed by atoms with Crippen molar-refractivity contribution in [3.8, 4) is 0 Å². The second-order valence-corrected chi connectivity index (χ2v) is 13.4. The topological polar surface area (TPSA) is 107 Å². The van der Waals surface area contributed by atoms with Gasteiger partial charge in [-0.05, 0) is 0 Å². The molecule has 0 saturated heterocycles. The third-order valence-electron chi connectivity index (χ3n) is 1.57. The Morgan fingerprint density at radius 2 is 1.17 bits per heavy atom. The highest BCUT2D eigenvalue weighted by Gasteiger charge is 2.70. The Balaban J connectivity index is 4.91. The quantitative estimate of drug-likeness (QED) is 0.529. The van der Waals surface area contributed by atoms with E-state index in [4.69, 9.17) is 13.1 Å². The van der Waals surface area contributed by atoms with Crippen molar-refractivity contribution in [3.05, 3.63) is 0 Å². The van der Waals surface area contributed by atoms with Gasteiger partial charge in [-0.3, -0.25) is 0 Å². The lowest BCUT2D eigenvalue weighted by Crippen LogP contribution is -2.06. The lowest BCUT2D eigenvalue weighted by molar-refractivity contribution is 0.161. The zero-order valence-electron chi connectivity index (χ0n) is 10.5. The third kappa shape index (κ3) is 5.97. The molecule has 18 heavy (non-hydrogen) atoms. The zero-order valence-corrected chi connectivity index (χ0v) is 14.9. The van der Waals surface area contributed by atoms with Gasteiger partial charge >= 0.3 is 22.5 Å². The Kier molecular flexibility index (Phi) is 8.96. The Morgan fingerprint density at radius 3 is 1.44 bits per heavy atom. The fourth-order valence-electron chi connectivity index (χ4n) is 0.625. The third-order valence-corrected chi connectivity index (χ3v) is 12.2. The van der Waals surface area contributed by atoms with Crippen LogP contribution in [0.1, 0.15) is 0 Å². The first kappa shape index (κ1) is 19.7. The summed E-state index contributed by atoms with van der Waals surface area (Å²) in [6, 6.07) is 0. The summed E-state index contributed by atoms with van der Waals surface area (Å²) in [5.74, 6) is 0. The average molecular weight is 363 g/mol. The van der Waals surface area contributed by atoms with Gasteiger partial charge in [-0.2, -0.15) is 28.3 Å². The summed E-state index contributed by atoms with van der Waals surface area (Å²) in [7, 11) is -7.07. The molecule has 0 radical (unpaired) electrons. The van der Waals surface area contributed by atoms with Gasteiger partial charge in [0.05, 0.1) is 30.0 Å². The zero-order chi connectivity index (χ0) is 14.4. The maximum absolute atomic E-state index is 10.1. The minimum absolute atomic E-state index is 0.792. The lowest BCUT2D eigenvalue weighted by Gasteiger charge is -2.15. The molecule has 110 valence electrons. The molecular formula is C5H18O8P3S2+3. The second kappa shape index (κ2) is 8.20. The molecule has 8 nitrogen and oxygen atoms in total. The van der Waals surface area contributed by atoms with Crippen LogP contribution in [0.2, 0.25) is 0 Å². The van der Waals surface area contributed by atoms with Crippen LogP contribution < -0.4 is 0 Å². The number of hydrogen-bond acceptors (Lipinski definition) is 10. The smallest absolute Gasteiger partial charge is 0.180 e. The van der Waals surface area contributed by atoms with E-state index in [1.807, 2.05) is 0 Å². The molecule has 0 spiro atoms. The van der Waals surface area contributed by atoms with Gasteiger partial charge in [0.2, 0.25) is 0 Å². The molecule has 0 aliphatic carbocycles. The Bertz CT molecular complexity index is 231. The van der Waals surface area contributed by atoms with Gasteiger partial charge in [0.15, 0.2) is 0 Å². The van der Waals surface area contributed by atoms with Crippen LogP contribution in [0.15, 0.2) is 0 Å². The van der Waals surface area contributed by atoms with E-state index in [0.717, 1.165) is 37.0 Å². The summed E-state index contributed by atoms with van der Waals surface area (Å²) in [5, 5.41) is 0. The van der Waals surface area contributed by atoms with Gasteiger partial charge in [-0.15, -0.1) is 0 Å². The highest BCUT2D eigenvalue weighted by molar-refractivity contribution is 8.62. The van der Waals surface area contributed by atoms with Crippen molar-refractivity contribution < 1.29 is 36.9 Å². The highest BCUT2D eigenvalue weighted by atomic mass is 32.8. The lowest BCUT2D eigenvalue weighted by atomic mass is 11.8. The van der Waals surface area contributed by atoms with Gasteiger partial charge in [-0.25, -0.2) is 0 Å². The summed E-state index contributed by atoms with van der Waals surface area (Å²) in [6.45, 7) is 0. The molecule has 0 aliphatic heterocycles. The Labute approximate surface area is 116 Å². The molecule has 0 aliphatic rings. The van der Waals surface area contributed by atoms with Crippen LogP contribution >= 0.6 is 45.2 Å². The first-order valence-electron chi connectivity index (χ1n) is 4.28. The van der Waals surface area contributed by atoms with E-state index in [2.05, 4.69) is 9.05 Å². The molecule has 0 rings (SSSR count). The Morgan fingerprint density at radius 1 is 0.722 bits per heavy atom. The summed E-state index contributed by atoms with van der Waals surface area (Å²) in [5.41, 5.74) is 0. The maximum atomic E-state index is 10.1. The van der Waals surface area contributed by atoms with E-state index in [1.165, 1.54) is 13.4 Å². The minimum atomic E-state index is -3.68. The number of hydrogen-bond donors (Lipinski definition) is 3. The van der Waals surface area contributed by atoms with Crippen molar-refractivity contribution in [1.29, 1.82) is 0 Å². The van der Waals surface area contributed by atoms with E-state index in [9.17, 15) is 14.7 Å². The van der Waals surface area contributed by atoms with Crippen LogP contribution in [0.5, 0.6) is 0 Å². The normalized spacial score (nSPS) is 19.3. The SMILES string of the molecule is CO[P+](O)(OC)O[P+](O)(O[P+](O)(OC)SC)SC. The predicted octanol–water partition coefficient (Wildman–Crippen LogP) is 2.69. The van der Waals surface area contributed by atoms with E-state index in [-0.39, 0.29) is 0 Å². The molecule has 0 saturated carbocycles.